The maximum atomic E-state index is 11.6. The molecule has 7 nitrogen and oxygen atoms in total. The zero-order valence-corrected chi connectivity index (χ0v) is 12.7. The van der Waals surface area contributed by atoms with Crippen molar-refractivity contribution in [2.75, 3.05) is 18.0 Å². The van der Waals surface area contributed by atoms with E-state index in [0.717, 1.165) is 38.8 Å². The molecule has 3 rings (SSSR count). The first-order valence-electron chi connectivity index (χ1n) is 7.73. The Bertz CT molecular complexity index is 670. The van der Waals surface area contributed by atoms with E-state index in [1.54, 1.807) is 24.3 Å². The molecule has 0 N–H and O–H groups in total. The highest BCUT2D eigenvalue weighted by molar-refractivity contribution is 5.63. The summed E-state index contributed by atoms with van der Waals surface area (Å²) >= 11 is 0. The van der Waals surface area contributed by atoms with Crippen molar-refractivity contribution in [2.24, 2.45) is 0 Å². The quantitative estimate of drug-likeness (QED) is 0.634. The molecule has 2 heterocycles. The van der Waals surface area contributed by atoms with Crippen molar-refractivity contribution in [3.8, 4) is 11.6 Å². The third kappa shape index (κ3) is 3.56. The summed E-state index contributed by atoms with van der Waals surface area (Å²) in [5, 5.41) is 11.6. The van der Waals surface area contributed by atoms with Crippen molar-refractivity contribution in [2.45, 2.75) is 25.7 Å². The third-order valence-electron chi connectivity index (χ3n) is 3.82. The second kappa shape index (κ2) is 7.04. The molecule has 1 saturated heterocycles. The zero-order valence-electron chi connectivity index (χ0n) is 12.7. The molecule has 1 aliphatic heterocycles. The molecule has 0 unspecified atom stereocenters. The van der Waals surface area contributed by atoms with Crippen molar-refractivity contribution >= 4 is 11.5 Å². The van der Waals surface area contributed by atoms with E-state index in [4.69, 9.17) is 4.74 Å². The molecule has 1 aromatic heterocycles. The Morgan fingerprint density at radius 1 is 1.04 bits per heavy atom. The SMILES string of the molecule is O=[N+]([O-])c1c(Oc2ccccc2)ncnc1N1CCCCCC1. The van der Waals surface area contributed by atoms with Crippen LogP contribution in [0, 0.1) is 10.1 Å². The predicted octanol–water partition coefficient (Wildman–Crippen LogP) is 3.56. The highest BCUT2D eigenvalue weighted by atomic mass is 16.6. The van der Waals surface area contributed by atoms with Gasteiger partial charge in [-0.2, -0.15) is 4.98 Å². The smallest absolute Gasteiger partial charge is 0.373 e. The molecule has 0 aliphatic carbocycles. The lowest BCUT2D eigenvalue weighted by Crippen LogP contribution is -2.26. The van der Waals surface area contributed by atoms with Crippen LogP contribution in [-0.4, -0.2) is 28.0 Å². The number of ether oxygens (including phenoxy) is 1. The topological polar surface area (TPSA) is 81.4 Å². The molecular weight excluding hydrogens is 296 g/mol. The van der Waals surface area contributed by atoms with Crippen LogP contribution in [0.3, 0.4) is 0 Å². The first-order valence-corrected chi connectivity index (χ1v) is 7.73. The van der Waals surface area contributed by atoms with Crippen molar-refractivity contribution < 1.29 is 9.66 Å². The lowest BCUT2D eigenvalue weighted by molar-refractivity contribution is -0.385. The number of aromatic nitrogens is 2. The molecule has 1 aliphatic rings. The molecule has 0 spiro atoms. The molecule has 0 amide bonds. The molecule has 0 bridgehead atoms. The number of hydrogen-bond donors (Lipinski definition) is 0. The molecule has 0 atom stereocenters. The van der Waals surface area contributed by atoms with Crippen LogP contribution >= 0.6 is 0 Å². The minimum Gasteiger partial charge on any atom is -0.434 e. The van der Waals surface area contributed by atoms with Crippen LogP contribution < -0.4 is 9.64 Å². The Hall–Kier alpha value is -2.70. The summed E-state index contributed by atoms with van der Waals surface area (Å²) < 4.78 is 5.61. The average molecular weight is 314 g/mol. The Morgan fingerprint density at radius 2 is 1.74 bits per heavy atom. The van der Waals surface area contributed by atoms with Gasteiger partial charge >= 0.3 is 11.6 Å². The molecule has 120 valence electrons. The summed E-state index contributed by atoms with van der Waals surface area (Å²) in [4.78, 5) is 21.2. The molecule has 1 aromatic carbocycles. The van der Waals surface area contributed by atoms with Crippen LogP contribution in [0.4, 0.5) is 11.5 Å². The van der Waals surface area contributed by atoms with Gasteiger partial charge in [-0.1, -0.05) is 31.0 Å². The van der Waals surface area contributed by atoms with Crippen LogP contribution in [0.2, 0.25) is 0 Å². The van der Waals surface area contributed by atoms with Crippen molar-refractivity contribution in [1.82, 2.24) is 9.97 Å². The Balaban J connectivity index is 1.96. The maximum absolute atomic E-state index is 11.6. The monoisotopic (exact) mass is 314 g/mol. The van der Waals surface area contributed by atoms with Crippen LogP contribution in [0.5, 0.6) is 11.6 Å². The normalized spacial score (nSPS) is 15.0. The van der Waals surface area contributed by atoms with Gasteiger partial charge in [0.05, 0.1) is 4.92 Å². The number of anilines is 1. The summed E-state index contributed by atoms with van der Waals surface area (Å²) in [5.41, 5.74) is -0.168. The fourth-order valence-corrected chi connectivity index (χ4v) is 2.70. The van der Waals surface area contributed by atoms with Gasteiger partial charge in [-0.15, -0.1) is 0 Å². The van der Waals surface area contributed by atoms with Gasteiger partial charge in [-0.05, 0) is 25.0 Å². The number of benzene rings is 1. The first-order chi connectivity index (χ1) is 11.3. The first kappa shape index (κ1) is 15.2. The summed E-state index contributed by atoms with van der Waals surface area (Å²) in [6.07, 6.45) is 5.63. The lowest BCUT2D eigenvalue weighted by atomic mass is 10.2. The van der Waals surface area contributed by atoms with E-state index in [-0.39, 0.29) is 11.6 Å². The highest BCUT2D eigenvalue weighted by Crippen LogP contribution is 2.36. The van der Waals surface area contributed by atoms with Crippen LogP contribution in [-0.2, 0) is 0 Å². The van der Waals surface area contributed by atoms with E-state index in [9.17, 15) is 10.1 Å². The number of para-hydroxylation sites is 1. The van der Waals surface area contributed by atoms with Crippen LogP contribution in [0.25, 0.3) is 0 Å². The average Bonchev–Trinajstić information content (AvgIpc) is 2.84. The lowest BCUT2D eigenvalue weighted by Gasteiger charge is -2.21. The van der Waals surface area contributed by atoms with E-state index < -0.39 is 4.92 Å². The van der Waals surface area contributed by atoms with E-state index in [2.05, 4.69) is 9.97 Å². The van der Waals surface area contributed by atoms with Gasteiger partial charge in [0.25, 0.3) is 0 Å². The second-order valence-corrected chi connectivity index (χ2v) is 5.42. The number of nitro groups is 1. The molecule has 7 heteroatoms. The minimum absolute atomic E-state index is 0.0181. The molecule has 1 fully saturated rings. The standard InChI is InChI=1S/C16H18N4O3/c21-20(22)14-15(19-10-6-1-2-7-11-19)17-12-18-16(14)23-13-8-4-3-5-9-13/h3-5,8-9,12H,1-2,6-7,10-11H2. The van der Waals surface area contributed by atoms with E-state index >= 15 is 0 Å². The van der Waals surface area contributed by atoms with Gasteiger partial charge in [0, 0.05) is 13.1 Å². The zero-order chi connectivity index (χ0) is 16.1. The Kier molecular flexibility index (Phi) is 4.65. The van der Waals surface area contributed by atoms with Crippen molar-refractivity contribution in [1.29, 1.82) is 0 Å². The molecule has 2 aromatic rings. The largest absolute Gasteiger partial charge is 0.434 e. The highest BCUT2D eigenvalue weighted by Gasteiger charge is 2.29. The summed E-state index contributed by atoms with van der Waals surface area (Å²) in [7, 11) is 0. The number of rotatable bonds is 4. The third-order valence-corrected chi connectivity index (χ3v) is 3.82. The fraction of sp³-hybridized carbons (Fsp3) is 0.375. The van der Waals surface area contributed by atoms with Gasteiger partial charge in [-0.25, -0.2) is 4.98 Å². The fourth-order valence-electron chi connectivity index (χ4n) is 2.70. The Morgan fingerprint density at radius 3 is 2.39 bits per heavy atom. The minimum atomic E-state index is -0.460. The molecule has 0 radical (unpaired) electrons. The van der Waals surface area contributed by atoms with E-state index in [1.165, 1.54) is 6.33 Å². The molecular formula is C16H18N4O3. The number of nitrogens with zero attached hydrogens (tertiary/aromatic N) is 4. The van der Waals surface area contributed by atoms with Crippen LogP contribution in [0.1, 0.15) is 25.7 Å². The van der Waals surface area contributed by atoms with E-state index in [0.29, 0.717) is 11.6 Å². The van der Waals surface area contributed by atoms with E-state index in [1.807, 2.05) is 11.0 Å². The van der Waals surface area contributed by atoms with Crippen molar-refractivity contribution in [3.05, 3.63) is 46.8 Å². The van der Waals surface area contributed by atoms with Crippen molar-refractivity contribution in [3.63, 3.8) is 0 Å². The summed E-state index contributed by atoms with van der Waals surface area (Å²) in [6.45, 7) is 1.53. The number of hydrogen-bond acceptors (Lipinski definition) is 6. The second-order valence-electron chi connectivity index (χ2n) is 5.42. The molecule has 23 heavy (non-hydrogen) atoms. The van der Waals surface area contributed by atoms with Gasteiger partial charge < -0.3 is 9.64 Å². The summed E-state index contributed by atoms with van der Waals surface area (Å²) in [5.74, 6) is 0.837. The predicted molar refractivity (Wildman–Crippen MR) is 85.9 cm³/mol. The van der Waals surface area contributed by atoms with Gasteiger partial charge in [0.15, 0.2) is 0 Å². The van der Waals surface area contributed by atoms with Gasteiger partial charge in [0.1, 0.15) is 12.1 Å². The summed E-state index contributed by atoms with van der Waals surface area (Å²) in [6, 6.07) is 8.93. The van der Waals surface area contributed by atoms with Gasteiger partial charge in [-0.3, -0.25) is 10.1 Å². The van der Waals surface area contributed by atoms with Crippen LogP contribution in [0.15, 0.2) is 36.7 Å². The molecule has 0 saturated carbocycles. The maximum Gasteiger partial charge on any atom is 0.373 e. The van der Waals surface area contributed by atoms with Gasteiger partial charge in [0.2, 0.25) is 5.82 Å². The Labute approximate surface area is 134 Å².